The molecular formula is C13H12O3S. The van der Waals surface area contributed by atoms with Crippen molar-refractivity contribution in [3.63, 3.8) is 0 Å². The van der Waals surface area contributed by atoms with Gasteiger partial charge in [-0.3, -0.25) is 4.79 Å². The third-order valence-corrected chi connectivity index (χ3v) is 3.09. The van der Waals surface area contributed by atoms with Crippen molar-refractivity contribution in [3.8, 4) is 5.75 Å². The molecule has 0 aliphatic carbocycles. The summed E-state index contributed by atoms with van der Waals surface area (Å²) in [7, 11) is 0. The number of rotatable bonds is 4. The van der Waals surface area contributed by atoms with Crippen LogP contribution in [0.2, 0.25) is 0 Å². The number of esters is 1. The van der Waals surface area contributed by atoms with Crippen LogP contribution in [0.15, 0.2) is 41.8 Å². The summed E-state index contributed by atoms with van der Waals surface area (Å²) < 4.78 is 5.13. The van der Waals surface area contributed by atoms with Crippen LogP contribution in [0.4, 0.5) is 0 Å². The van der Waals surface area contributed by atoms with E-state index in [4.69, 9.17) is 9.84 Å². The molecule has 0 bridgehead atoms. The predicted molar refractivity (Wildman–Crippen MR) is 65.9 cm³/mol. The third kappa shape index (κ3) is 3.60. The minimum Gasteiger partial charge on any atom is -0.508 e. The standard InChI is InChI=1S/C13H12O3S/c14-11-5-3-10(4-6-11)8-13(15)16-9-12-2-1-7-17-12/h1-7,14H,8-9H2. The molecule has 0 fully saturated rings. The number of hydrogen-bond donors (Lipinski definition) is 1. The summed E-state index contributed by atoms with van der Waals surface area (Å²) in [5.74, 6) is -0.0650. The second-order valence-electron chi connectivity index (χ2n) is 3.58. The Bertz CT molecular complexity index is 474. The van der Waals surface area contributed by atoms with Gasteiger partial charge in [0.1, 0.15) is 12.4 Å². The Hall–Kier alpha value is -1.81. The van der Waals surface area contributed by atoms with Gasteiger partial charge in [-0.15, -0.1) is 11.3 Å². The van der Waals surface area contributed by atoms with Crippen LogP contribution in [0.5, 0.6) is 5.75 Å². The van der Waals surface area contributed by atoms with E-state index >= 15 is 0 Å². The van der Waals surface area contributed by atoms with Gasteiger partial charge in [-0.2, -0.15) is 0 Å². The first-order valence-corrected chi connectivity index (χ1v) is 6.08. The van der Waals surface area contributed by atoms with E-state index in [9.17, 15) is 4.79 Å². The monoisotopic (exact) mass is 248 g/mol. The van der Waals surface area contributed by atoms with E-state index in [1.807, 2.05) is 17.5 Å². The zero-order valence-electron chi connectivity index (χ0n) is 9.13. The molecule has 1 N–H and O–H groups in total. The van der Waals surface area contributed by atoms with Gasteiger partial charge < -0.3 is 9.84 Å². The predicted octanol–water partition coefficient (Wildman–Crippen LogP) is 2.74. The zero-order valence-corrected chi connectivity index (χ0v) is 9.94. The maximum Gasteiger partial charge on any atom is 0.310 e. The van der Waals surface area contributed by atoms with Crippen molar-refractivity contribution < 1.29 is 14.6 Å². The van der Waals surface area contributed by atoms with Crippen molar-refractivity contribution in [1.82, 2.24) is 0 Å². The average Bonchev–Trinajstić information content (AvgIpc) is 2.83. The summed E-state index contributed by atoms with van der Waals surface area (Å²) in [5, 5.41) is 11.1. The molecule has 2 aromatic rings. The number of aromatic hydroxyl groups is 1. The Labute approximate surface area is 103 Å². The maximum atomic E-state index is 11.5. The summed E-state index contributed by atoms with van der Waals surface area (Å²) in [6.07, 6.45) is 0.228. The molecule has 88 valence electrons. The molecule has 3 nitrogen and oxygen atoms in total. The number of benzene rings is 1. The van der Waals surface area contributed by atoms with Crippen LogP contribution in [0, 0.1) is 0 Å². The van der Waals surface area contributed by atoms with E-state index in [1.165, 1.54) is 0 Å². The highest BCUT2D eigenvalue weighted by molar-refractivity contribution is 7.09. The lowest BCUT2D eigenvalue weighted by Gasteiger charge is -2.03. The summed E-state index contributed by atoms with van der Waals surface area (Å²) in [6, 6.07) is 10.4. The minimum absolute atomic E-state index is 0.195. The molecule has 0 spiro atoms. The van der Waals surface area contributed by atoms with Gasteiger partial charge in [-0.05, 0) is 29.1 Å². The highest BCUT2D eigenvalue weighted by Gasteiger charge is 2.05. The number of phenolic OH excluding ortho intramolecular Hbond substituents is 1. The fourth-order valence-electron chi connectivity index (χ4n) is 1.38. The minimum atomic E-state index is -0.260. The number of phenols is 1. The Balaban J connectivity index is 1.83. The maximum absolute atomic E-state index is 11.5. The molecule has 0 saturated carbocycles. The van der Waals surface area contributed by atoms with Gasteiger partial charge >= 0.3 is 5.97 Å². The third-order valence-electron chi connectivity index (χ3n) is 2.24. The molecule has 0 amide bonds. The van der Waals surface area contributed by atoms with Gasteiger partial charge in [0.05, 0.1) is 6.42 Å². The van der Waals surface area contributed by atoms with Crippen LogP contribution in [0.3, 0.4) is 0 Å². The van der Waals surface area contributed by atoms with Crippen LogP contribution in [-0.2, 0) is 22.6 Å². The van der Waals surface area contributed by atoms with Crippen LogP contribution in [-0.4, -0.2) is 11.1 Å². The number of thiophene rings is 1. The van der Waals surface area contributed by atoms with Crippen molar-refractivity contribution in [1.29, 1.82) is 0 Å². The molecule has 0 atom stereocenters. The van der Waals surface area contributed by atoms with Gasteiger partial charge in [-0.1, -0.05) is 18.2 Å². The second-order valence-corrected chi connectivity index (χ2v) is 4.62. The Morgan fingerprint density at radius 3 is 2.65 bits per heavy atom. The van der Waals surface area contributed by atoms with Crippen molar-refractivity contribution in [2.45, 2.75) is 13.0 Å². The van der Waals surface area contributed by atoms with E-state index in [-0.39, 0.29) is 18.1 Å². The molecular weight excluding hydrogens is 236 g/mol. The highest BCUT2D eigenvalue weighted by atomic mass is 32.1. The summed E-state index contributed by atoms with van der Waals surface area (Å²) >= 11 is 1.56. The number of carbonyl (C=O) groups excluding carboxylic acids is 1. The molecule has 0 radical (unpaired) electrons. The quantitative estimate of drug-likeness (QED) is 0.846. The Morgan fingerprint density at radius 2 is 2.00 bits per heavy atom. The van der Waals surface area contributed by atoms with E-state index in [0.717, 1.165) is 10.4 Å². The molecule has 1 heterocycles. The van der Waals surface area contributed by atoms with Gasteiger partial charge in [0, 0.05) is 4.88 Å². The molecule has 1 aromatic carbocycles. The van der Waals surface area contributed by atoms with E-state index < -0.39 is 0 Å². The fourth-order valence-corrected chi connectivity index (χ4v) is 1.99. The second kappa shape index (κ2) is 5.50. The Kier molecular flexibility index (Phi) is 3.77. The molecule has 0 unspecified atom stereocenters. The fraction of sp³-hybridized carbons (Fsp3) is 0.154. The SMILES string of the molecule is O=C(Cc1ccc(O)cc1)OCc1cccs1. The van der Waals surface area contributed by atoms with Crippen LogP contribution in [0.1, 0.15) is 10.4 Å². The largest absolute Gasteiger partial charge is 0.508 e. The topological polar surface area (TPSA) is 46.5 Å². The van der Waals surface area contributed by atoms with E-state index in [0.29, 0.717) is 6.61 Å². The summed E-state index contributed by atoms with van der Waals surface area (Å²) in [4.78, 5) is 12.5. The smallest absolute Gasteiger partial charge is 0.310 e. The van der Waals surface area contributed by atoms with Gasteiger partial charge in [0.2, 0.25) is 0 Å². The van der Waals surface area contributed by atoms with Crippen molar-refractivity contribution in [2.24, 2.45) is 0 Å². The first-order chi connectivity index (χ1) is 8.24. The molecule has 17 heavy (non-hydrogen) atoms. The summed E-state index contributed by atoms with van der Waals surface area (Å²) in [6.45, 7) is 0.328. The molecule has 2 rings (SSSR count). The van der Waals surface area contributed by atoms with Crippen molar-refractivity contribution >= 4 is 17.3 Å². The first kappa shape index (κ1) is 11.7. The average molecular weight is 248 g/mol. The van der Waals surface area contributed by atoms with E-state index in [2.05, 4.69) is 0 Å². The normalized spacial score (nSPS) is 10.1. The van der Waals surface area contributed by atoms with Crippen LogP contribution < -0.4 is 0 Å². The first-order valence-electron chi connectivity index (χ1n) is 5.20. The number of ether oxygens (including phenoxy) is 1. The molecule has 0 saturated heterocycles. The lowest BCUT2D eigenvalue weighted by atomic mass is 10.1. The zero-order chi connectivity index (χ0) is 12.1. The molecule has 1 aromatic heterocycles. The van der Waals surface area contributed by atoms with Gasteiger partial charge in [0.15, 0.2) is 0 Å². The highest BCUT2D eigenvalue weighted by Crippen LogP contribution is 2.12. The molecule has 4 heteroatoms. The molecule has 0 aliphatic rings. The Morgan fingerprint density at radius 1 is 1.24 bits per heavy atom. The van der Waals surface area contributed by atoms with Gasteiger partial charge in [-0.25, -0.2) is 0 Å². The van der Waals surface area contributed by atoms with Crippen LogP contribution >= 0.6 is 11.3 Å². The van der Waals surface area contributed by atoms with Crippen LogP contribution in [0.25, 0.3) is 0 Å². The molecule has 0 aliphatic heterocycles. The van der Waals surface area contributed by atoms with Crippen molar-refractivity contribution in [2.75, 3.05) is 0 Å². The van der Waals surface area contributed by atoms with E-state index in [1.54, 1.807) is 35.6 Å². The van der Waals surface area contributed by atoms with Gasteiger partial charge in [0.25, 0.3) is 0 Å². The lowest BCUT2D eigenvalue weighted by Crippen LogP contribution is -2.07. The summed E-state index contributed by atoms with van der Waals surface area (Å²) in [5.41, 5.74) is 0.832. The number of hydrogen-bond acceptors (Lipinski definition) is 4. The lowest BCUT2D eigenvalue weighted by molar-refractivity contribution is -0.144. The number of carbonyl (C=O) groups is 1. The van der Waals surface area contributed by atoms with Crippen molar-refractivity contribution in [3.05, 3.63) is 52.2 Å².